The number of aromatic nitrogens is 6. The topological polar surface area (TPSA) is 142 Å². The first-order valence-corrected chi connectivity index (χ1v) is 11.6. The minimum atomic E-state index is -0.854. The van der Waals surface area contributed by atoms with E-state index in [9.17, 15) is 4.79 Å². The molecule has 178 valence electrons. The molecule has 2 unspecified atom stereocenters. The summed E-state index contributed by atoms with van der Waals surface area (Å²) in [6.45, 7) is 3.47. The monoisotopic (exact) mass is 469 g/mol. The Morgan fingerprint density at radius 2 is 1.97 bits per heavy atom. The number of imidazole rings is 1. The van der Waals surface area contributed by atoms with Gasteiger partial charge in [0.2, 0.25) is 5.91 Å². The van der Waals surface area contributed by atoms with E-state index in [1.54, 1.807) is 12.1 Å². The molecule has 1 aliphatic rings. The molecule has 0 spiro atoms. The maximum atomic E-state index is 13.7. The van der Waals surface area contributed by atoms with Crippen LogP contribution in [0.3, 0.4) is 0 Å². The van der Waals surface area contributed by atoms with Gasteiger partial charge < -0.3 is 15.2 Å². The molecule has 10 nitrogen and oxygen atoms in total. The third-order valence-corrected chi connectivity index (χ3v) is 7.01. The van der Waals surface area contributed by atoms with Crippen LogP contribution in [0.2, 0.25) is 0 Å². The lowest BCUT2D eigenvalue weighted by Crippen LogP contribution is -2.45. The molecule has 1 amide bonds. The van der Waals surface area contributed by atoms with Crippen molar-refractivity contribution in [1.29, 1.82) is 5.26 Å². The smallest absolute Gasteiger partial charge is 0.233 e. The van der Waals surface area contributed by atoms with Crippen molar-refractivity contribution in [3.63, 3.8) is 0 Å². The second kappa shape index (κ2) is 8.92. The Hall–Kier alpha value is -4.10. The molecule has 1 aliphatic heterocycles. The number of tetrazole rings is 1. The molecule has 1 saturated heterocycles. The van der Waals surface area contributed by atoms with Gasteiger partial charge in [0, 0.05) is 26.6 Å². The molecule has 2 aromatic carbocycles. The lowest BCUT2D eigenvalue weighted by atomic mass is 9.77. The van der Waals surface area contributed by atoms with E-state index >= 15 is 0 Å². The van der Waals surface area contributed by atoms with Gasteiger partial charge in [0.05, 0.1) is 34.1 Å². The van der Waals surface area contributed by atoms with Crippen LogP contribution < -0.4 is 5.73 Å². The van der Waals surface area contributed by atoms with Crippen molar-refractivity contribution < 1.29 is 4.79 Å². The quantitative estimate of drug-likeness (QED) is 0.440. The van der Waals surface area contributed by atoms with Gasteiger partial charge >= 0.3 is 0 Å². The molecule has 0 bridgehead atoms. The van der Waals surface area contributed by atoms with Crippen LogP contribution in [-0.2, 0) is 23.7 Å². The van der Waals surface area contributed by atoms with Gasteiger partial charge in [-0.2, -0.15) is 5.26 Å². The van der Waals surface area contributed by atoms with Crippen molar-refractivity contribution in [2.45, 2.75) is 37.6 Å². The van der Waals surface area contributed by atoms with E-state index in [2.05, 4.69) is 26.7 Å². The normalized spacial score (nSPS) is 16.2. The first kappa shape index (κ1) is 22.7. The van der Waals surface area contributed by atoms with Crippen molar-refractivity contribution in [2.75, 3.05) is 13.1 Å². The number of hydrogen-bond acceptors (Lipinski definition) is 7. The third-order valence-electron chi connectivity index (χ3n) is 7.01. The molecular formula is C25H27N9O. The highest BCUT2D eigenvalue weighted by Crippen LogP contribution is 2.34. The maximum Gasteiger partial charge on any atom is 0.233 e. The van der Waals surface area contributed by atoms with Gasteiger partial charge in [-0.1, -0.05) is 18.2 Å². The van der Waals surface area contributed by atoms with E-state index in [1.165, 1.54) is 0 Å². The number of carbonyl (C=O) groups excluding carboxylic acids is 1. The highest BCUT2D eigenvalue weighted by molar-refractivity contribution is 5.90. The molecule has 35 heavy (non-hydrogen) atoms. The van der Waals surface area contributed by atoms with Crippen LogP contribution in [0.5, 0.6) is 0 Å². The summed E-state index contributed by atoms with van der Waals surface area (Å²) < 4.78 is 1.97. The third kappa shape index (κ3) is 4.04. The molecule has 10 heteroatoms. The van der Waals surface area contributed by atoms with E-state index < -0.39 is 11.5 Å². The Balaban J connectivity index is 1.54. The first-order chi connectivity index (χ1) is 16.9. The number of carbonyl (C=O) groups is 1. The zero-order chi connectivity index (χ0) is 24.6. The maximum absolute atomic E-state index is 13.7. The Labute approximate surface area is 202 Å². The zero-order valence-electron chi connectivity index (χ0n) is 19.8. The average Bonchev–Trinajstić information content (AvgIpc) is 3.65. The van der Waals surface area contributed by atoms with Gasteiger partial charge in [0.25, 0.3) is 0 Å². The number of nitrogens with zero attached hydrogens (tertiary/aromatic N) is 7. The second-order valence-corrected chi connectivity index (χ2v) is 9.30. The lowest BCUT2D eigenvalue weighted by molar-refractivity contribution is -0.135. The summed E-state index contributed by atoms with van der Waals surface area (Å²) in [7, 11) is 1.93. The van der Waals surface area contributed by atoms with Crippen molar-refractivity contribution >= 4 is 16.9 Å². The van der Waals surface area contributed by atoms with Crippen molar-refractivity contribution in [1.82, 2.24) is 35.1 Å². The second-order valence-electron chi connectivity index (χ2n) is 9.30. The number of aromatic amines is 1. The minimum absolute atomic E-state index is 0.0659. The highest BCUT2D eigenvalue weighted by atomic mass is 16.2. The van der Waals surface area contributed by atoms with Crippen LogP contribution in [-0.4, -0.2) is 54.1 Å². The van der Waals surface area contributed by atoms with Crippen LogP contribution in [0, 0.1) is 11.3 Å². The van der Waals surface area contributed by atoms with E-state index in [0.717, 1.165) is 48.1 Å². The predicted molar refractivity (Wildman–Crippen MR) is 129 cm³/mol. The summed E-state index contributed by atoms with van der Waals surface area (Å²) in [5, 5.41) is 23.3. The van der Waals surface area contributed by atoms with Gasteiger partial charge in [-0.05, 0) is 65.6 Å². The molecule has 4 aromatic rings. The minimum Gasteiger partial charge on any atom is -0.342 e. The number of nitriles is 1. The summed E-state index contributed by atoms with van der Waals surface area (Å²) in [5.41, 5.74) is 9.70. The molecule has 2 atom stereocenters. The number of nitrogens with one attached hydrogen (secondary N) is 1. The summed E-state index contributed by atoms with van der Waals surface area (Å²) in [5.74, 6) is 1.33. The standard InChI is InChI=1S/C25H27N9O/c1-25(14-21-29-31-32-30-21,24(35)34-11-3-4-12-34)18-9-10-20-19(13-18)28-23(33(20)2)22(27)17-7-5-16(15-26)6-8-17/h5-10,13,22H,3-4,11-12,14,27H2,1-2H3,(H,29,30,31,32). The fourth-order valence-corrected chi connectivity index (χ4v) is 4.91. The summed E-state index contributed by atoms with van der Waals surface area (Å²) in [6, 6.07) is 14.8. The van der Waals surface area contributed by atoms with E-state index in [-0.39, 0.29) is 5.91 Å². The van der Waals surface area contributed by atoms with Crippen molar-refractivity contribution in [3.8, 4) is 6.07 Å². The van der Waals surface area contributed by atoms with Crippen LogP contribution >= 0.6 is 0 Å². The van der Waals surface area contributed by atoms with Gasteiger partial charge in [-0.15, -0.1) is 5.10 Å². The van der Waals surface area contributed by atoms with Gasteiger partial charge in [0.1, 0.15) is 11.6 Å². The van der Waals surface area contributed by atoms with Crippen LogP contribution in [0.15, 0.2) is 42.5 Å². The molecule has 1 fully saturated rings. The molecule has 3 heterocycles. The zero-order valence-corrected chi connectivity index (χ0v) is 19.8. The average molecular weight is 470 g/mol. The van der Waals surface area contributed by atoms with E-state index in [0.29, 0.717) is 23.6 Å². The summed E-state index contributed by atoms with van der Waals surface area (Å²) in [6.07, 6.45) is 2.38. The number of nitrogens with two attached hydrogens (primary N) is 1. The number of hydrogen-bond donors (Lipinski definition) is 2. The number of aryl methyl sites for hydroxylation is 1. The van der Waals surface area contributed by atoms with Crippen LogP contribution in [0.4, 0.5) is 0 Å². The Morgan fingerprint density at radius 1 is 1.23 bits per heavy atom. The molecule has 0 radical (unpaired) electrons. The lowest BCUT2D eigenvalue weighted by Gasteiger charge is -2.32. The largest absolute Gasteiger partial charge is 0.342 e. The molecular weight excluding hydrogens is 442 g/mol. The number of H-pyrrole nitrogens is 1. The number of amides is 1. The van der Waals surface area contributed by atoms with Crippen LogP contribution in [0.25, 0.3) is 11.0 Å². The van der Waals surface area contributed by atoms with E-state index in [4.69, 9.17) is 16.0 Å². The Bertz CT molecular complexity index is 1400. The van der Waals surface area contributed by atoms with Crippen molar-refractivity contribution in [3.05, 3.63) is 70.8 Å². The molecule has 0 aliphatic carbocycles. The number of benzene rings is 2. The van der Waals surface area contributed by atoms with Gasteiger partial charge in [-0.25, -0.2) is 10.1 Å². The molecule has 0 saturated carbocycles. The van der Waals surface area contributed by atoms with Gasteiger partial charge in [0.15, 0.2) is 0 Å². The number of fused-ring (bicyclic) bond motifs is 1. The Morgan fingerprint density at radius 3 is 2.63 bits per heavy atom. The Kier molecular flexibility index (Phi) is 5.78. The molecule has 3 N–H and O–H groups in total. The first-order valence-electron chi connectivity index (χ1n) is 11.6. The van der Waals surface area contributed by atoms with E-state index in [1.807, 2.05) is 53.8 Å². The summed E-state index contributed by atoms with van der Waals surface area (Å²) in [4.78, 5) is 20.5. The number of likely N-dealkylation sites (tertiary alicyclic amines) is 1. The fourth-order valence-electron chi connectivity index (χ4n) is 4.91. The fraction of sp³-hybridized carbons (Fsp3) is 0.360. The van der Waals surface area contributed by atoms with Crippen molar-refractivity contribution in [2.24, 2.45) is 12.8 Å². The predicted octanol–water partition coefficient (Wildman–Crippen LogP) is 2.13. The summed E-state index contributed by atoms with van der Waals surface area (Å²) >= 11 is 0. The molecule has 2 aromatic heterocycles. The highest BCUT2D eigenvalue weighted by Gasteiger charge is 2.40. The van der Waals surface area contributed by atoms with Gasteiger partial charge in [-0.3, -0.25) is 4.79 Å². The number of rotatable bonds is 6. The van der Waals surface area contributed by atoms with Crippen LogP contribution in [0.1, 0.15) is 54.1 Å². The SMILES string of the molecule is Cn1c(C(N)c2ccc(C#N)cc2)nc2cc(C(C)(Cc3nnn[nH]3)C(=O)N3CCCC3)ccc21. The molecule has 5 rings (SSSR count).